The SMILES string of the molecule is C.C.C=C(C)CC(=C)C. The second-order valence-electron chi connectivity index (χ2n) is 2.09. The van der Waals surface area contributed by atoms with Gasteiger partial charge in [-0.15, -0.1) is 0 Å². The molecule has 0 aliphatic rings. The van der Waals surface area contributed by atoms with E-state index in [1.54, 1.807) is 0 Å². The average Bonchev–Trinajstić information content (AvgIpc) is 1.27. The van der Waals surface area contributed by atoms with Crippen molar-refractivity contribution < 1.29 is 0 Å². The van der Waals surface area contributed by atoms with Gasteiger partial charge >= 0.3 is 0 Å². The van der Waals surface area contributed by atoms with Crippen LogP contribution in [0.5, 0.6) is 0 Å². The van der Waals surface area contributed by atoms with Crippen molar-refractivity contribution in [2.24, 2.45) is 0 Å². The highest BCUT2D eigenvalue weighted by atomic mass is 13.9. The Morgan fingerprint density at radius 3 is 1.22 bits per heavy atom. The fourth-order valence-corrected chi connectivity index (χ4v) is 0.515. The summed E-state index contributed by atoms with van der Waals surface area (Å²) in [5.74, 6) is 0. The van der Waals surface area contributed by atoms with E-state index in [4.69, 9.17) is 0 Å². The third kappa shape index (κ3) is 18.5. The minimum atomic E-state index is 0. The number of rotatable bonds is 2. The lowest BCUT2D eigenvalue weighted by Gasteiger charge is -1.93. The van der Waals surface area contributed by atoms with Gasteiger partial charge in [-0.2, -0.15) is 0 Å². The summed E-state index contributed by atoms with van der Waals surface area (Å²) in [5.41, 5.74) is 2.38. The van der Waals surface area contributed by atoms with Crippen molar-refractivity contribution in [3.63, 3.8) is 0 Å². The summed E-state index contributed by atoms with van der Waals surface area (Å²) in [6.07, 6.45) is 0.972. The molecule has 0 unspecified atom stereocenters. The Morgan fingerprint density at radius 1 is 1.00 bits per heavy atom. The molecule has 0 heterocycles. The van der Waals surface area contributed by atoms with Crippen molar-refractivity contribution in [3.8, 4) is 0 Å². The Kier molecular flexibility index (Phi) is 13.1. The molecule has 0 saturated heterocycles. The molecule has 0 aromatic heterocycles. The van der Waals surface area contributed by atoms with Crippen LogP contribution in [0.2, 0.25) is 0 Å². The number of hydrogen-bond acceptors (Lipinski definition) is 0. The lowest BCUT2D eigenvalue weighted by molar-refractivity contribution is 1.13. The van der Waals surface area contributed by atoms with Crippen LogP contribution < -0.4 is 0 Å². The zero-order chi connectivity index (χ0) is 5.86. The quantitative estimate of drug-likeness (QED) is 0.496. The largest absolute Gasteiger partial charge is 0.0998 e. The molecule has 0 aliphatic carbocycles. The van der Waals surface area contributed by atoms with Crippen molar-refractivity contribution in [1.29, 1.82) is 0 Å². The highest BCUT2D eigenvalue weighted by molar-refractivity contribution is 5.03. The maximum atomic E-state index is 3.73. The standard InChI is InChI=1S/C7H12.2CH4/c1-6(2)5-7(3)4;;/h1,3,5H2,2,4H3;2*1H4. The summed E-state index contributed by atoms with van der Waals surface area (Å²) in [7, 11) is 0. The Hall–Kier alpha value is -0.520. The van der Waals surface area contributed by atoms with Crippen LogP contribution in [0.1, 0.15) is 35.1 Å². The van der Waals surface area contributed by atoms with Crippen LogP contribution in [0.15, 0.2) is 24.3 Å². The lowest BCUT2D eigenvalue weighted by atomic mass is 10.1. The summed E-state index contributed by atoms with van der Waals surface area (Å²) in [6, 6.07) is 0. The van der Waals surface area contributed by atoms with E-state index in [0.717, 1.165) is 6.42 Å². The third-order valence-corrected chi connectivity index (χ3v) is 0.604. The van der Waals surface area contributed by atoms with Gasteiger partial charge in [0.2, 0.25) is 0 Å². The minimum Gasteiger partial charge on any atom is -0.0998 e. The Balaban J connectivity index is -0.000000180. The van der Waals surface area contributed by atoms with E-state index in [1.165, 1.54) is 11.1 Å². The van der Waals surface area contributed by atoms with Gasteiger partial charge in [0, 0.05) is 0 Å². The van der Waals surface area contributed by atoms with Gasteiger partial charge in [0.05, 0.1) is 0 Å². The zero-order valence-corrected chi connectivity index (χ0v) is 5.12. The Bertz CT molecular complexity index is 76.2. The predicted octanol–water partition coefficient (Wildman–Crippen LogP) is 3.80. The summed E-state index contributed by atoms with van der Waals surface area (Å²) >= 11 is 0. The van der Waals surface area contributed by atoms with Gasteiger partial charge in [0.15, 0.2) is 0 Å². The maximum Gasteiger partial charge on any atom is -0.0119 e. The fraction of sp³-hybridized carbons (Fsp3) is 0.556. The van der Waals surface area contributed by atoms with E-state index in [2.05, 4.69) is 13.2 Å². The van der Waals surface area contributed by atoms with Crippen molar-refractivity contribution in [2.75, 3.05) is 0 Å². The summed E-state index contributed by atoms with van der Waals surface area (Å²) in [6.45, 7) is 11.5. The molecule has 0 aromatic rings. The average molecular weight is 128 g/mol. The van der Waals surface area contributed by atoms with Crippen LogP contribution in [0, 0.1) is 0 Å². The molecule has 0 N–H and O–H groups in total. The molecule has 0 nitrogen and oxygen atoms in total. The van der Waals surface area contributed by atoms with Crippen molar-refractivity contribution in [2.45, 2.75) is 35.1 Å². The molecule has 56 valence electrons. The van der Waals surface area contributed by atoms with Crippen LogP contribution >= 0.6 is 0 Å². The van der Waals surface area contributed by atoms with E-state index in [-0.39, 0.29) is 14.9 Å². The summed E-state index contributed by atoms with van der Waals surface area (Å²) < 4.78 is 0. The number of hydrogen-bond donors (Lipinski definition) is 0. The first-order valence-electron chi connectivity index (χ1n) is 2.41. The summed E-state index contributed by atoms with van der Waals surface area (Å²) in [5, 5.41) is 0. The molecular formula is C9H20. The van der Waals surface area contributed by atoms with E-state index >= 15 is 0 Å². The van der Waals surface area contributed by atoms with Crippen LogP contribution in [0.3, 0.4) is 0 Å². The first-order valence-corrected chi connectivity index (χ1v) is 2.41. The van der Waals surface area contributed by atoms with E-state index in [9.17, 15) is 0 Å². The van der Waals surface area contributed by atoms with Crippen molar-refractivity contribution in [1.82, 2.24) is 0 Å². The first-order chi connectivity index (χ1) is 3.13. The lowest BCUT2D eigenvalue weighted by Crippen LogP contribution is -1.72. The van der Waals surface area contributed by atoms with Gasteiger partial charge in [-0.3, -0.25) is 0 Å². The fourth-order valence-electron chi connectivity index (χ4n) is 0.515. The molecule has 0 spiro atoms. The van der Waals surface area contributed by atoms with E-state index in [1.807, 2.05) is 13.8 Å². The van der Waals surface area contributed by atoms with Gasteiger partial charge in [0.25, 0.3) is 0 Å². The maximum absolute atomic E-state index is 3.73. The first kappa shape index (κ1) is 15.8. The van der Waals surface area contributed by atoms with Gasteiger partial charge in [-0.25, -0.2) is 0 Å². The van der Waals surface area contributed by atoms with Gasteiger partial charge in [-0.1, -0.05) is 39.2 Å². The van der Waals surface area contributed by atoms with E-state index < -0.39 is 0 Å². The highest BCUT2D eigenvalue weighted by Crippen LogP contribution is 2.02. The molecule has 0 saturated carbocycles. The van der Waals surface area contributed by atoms with E-state index in [0.29, 0.717) is 0 Å². The van der Waals surface area contributed by atoms with Crippen molar-refractivity contribution in [3.05, 3.63) is 24.3 Å². The van der Waals surface area contributed by atoms with Crippen LogP contribution in [-0.2, 0) is 0 Å². The number of allylic oxidation sites excluding steroid dienone is 2. The van der Waals surface area contributed by atoms with Crippen LogP contribution in [-0.4, -0.2) is 0 Å². The second-order valence-corrected chi connectivity index (χ2v) is 2.09. The second kappa shape index (κ2) is 7.48. The molecule has 0 fully saturated rings. The Labute approximate surface area is 60.3 Å². The van der Waals surface area contributed by atoms with Crippen LogP contribution in [0.4, 0.5) is 0 Å². The molecule has 0 heteroatoms. The molecule has 0 rings (SSSR count). The topological polar surface area (TPSA) is 0 Å². The predicted molar refractivity (Wildman–Crippen MR) is 47.7 cm³/mol. The van der Waals surface area contributed by atoms with Crippen LogP contribution in [0.25, 0.3) is 0 Å². The monoisotopic (exact) mass is 128 g/mol. The summed E-state index contributed by atoms with van der Waals surface area (Å²) in [4.78, 5) is 0. The minimum absolute atomic E-state index is 0. The highest BCUT2D eigenvalue weighted by Gasteiger charge is 1.82. The molecule has 0 bridgehead atoms. The molecule has 0 radical (unpaired) electrons. The Morgan fingerprint density at radius 2 is 1.22 bits per heavy atom. The molecule has 9 heavy (non-hydrogen) atoms. The molecule has 0 aromatic carbocycles. The normalized spacial score (nSPS) is 6.44. The smallest absolute Gasteiger partial charge is 0.0119 e. The van der Waals surface area contributed by atoms with Crippen molar-refractivity contribution >= 4 is 0 Å². The molecule has 0 amide bonds. The third-order valence-electron chi connectivity index (χ3n) is 0.604. The van der Waals surface area contributed by atoms with Gasteiger partial charge in [-0.05, 0) is 20.3 Å². The van der Waals surface area contributed by atoms with Gasteiger partial charge < -0.3 is 0 Å². The van der Waals surface area contributed by atoms with Gasteiger partial charge in [0.1, 0.15) is 0 Å². The molecule has 0 atom stereocenters. The molecular weight excluding hydrogens is 108 g/mol. The zero-order valence-electron chi connectivity index (χ0n) is 5.12. The molecule has 0 aliphatic heterocycles.